The van der Waals surface area contributed by atoms with Crippen molar-refractivity contribution in [3.05, 3.63) is 60.2 Å². The van der Waals surface area contributed by atoms with Gasteiger partial charge in [-0.25, -0.2) is 8.42 Å². The predicted molar refractivity (Wildman–Crippen MR) is 102 cm³/mol. The lowest BCUT2D eigenvalue weighted by atomic mass is 10.1. The van der Waals surface area contributed by atoms with Crippen LogP contribution in [0.3, 0.4) is 0 Å². The molecule has 0 heterocycles. The summed E-state index contributed by atoms with van der Waals surface area (Å²) in [5.41, 5.74) is 1.22. The fourth-order valence-electron chi connectivity index (χ4n) is 2.57. The summed E-state index contributed by atoms with van der Waals surface area (Å²) in [6.45, 7) is 1.93. The first-order valence-electron chi connectivity index (χ1n) is 8.61. The second-order valence-electron chi connectivity index (χ2n) is 6.24. The normalized spacial score (nSPS) is 12.4. The van der Waals surface area contributed by atoms with Gasteiger partial charge in [-0.05, 0) is 49.6 Å². The van der Waals surface area contributed by atoms with Gasteiger partial charge in [0.15, 0.2) is 9.84 Å². The molecule has 0 aliphatic heterocycles. The Bertz CT molecular complexity index is 801. The Hall–Kier alpha value is -2.34. The number of sulfone groups is 1. The molecule has 0 radical (unpaired) electrons. The monoisotopic (exact) mass is 375 g/mol. The molecule has 0 aliphatic carbocycles. The molecule has 0 saturated carbocycles. The third kappa shape index (κ3) is 6.19. The van der Waals surface area contributed by atoms with Crippen LogP contribution in [0.25, 0.3) is 0 Å². The quantitative estimate of drug-likeness (QED) is 0.731. The Balaban J connectivity index is 1.79. The highest BCUT2D eigenvalue weighted by Gasteiger charge is 2.17. The highest BCUT2D eigenvalue weighted by molar-refractivity contribution is 7.91. The van der Waals surface area contributed by atoms with E-state index >= 15 is 0 Å². The maximum atomic E-state index is 12.3. The van der Waals surface area contributed by atoms with Gasteiger partial charge in [-0.3, -0.25) is 4.79 Å². The minimum atomic E-state index is -3.49. The summed E-state index contributed by atoms with van der Waals surface area (Å²) in [6, 6.07) is 16.2. The second kappa shape index (κ2) is 9.38. The van der Waals surface area contributed by atoms with Crippen LogP contribution in [0.1, 0.15) is 25.3 Å². The van der Waals surface area contributed by atoms with E-state index in [4.69, 9.17) is 4.74 Å². The number of rotatable bonds is 9. The van der Waals surface area contributed by atoms with Gasteiger partial charge < -0.3 is 10.1 Å². The molecule has 1 atom stereocenters. The molecule has 140 valence electrons. The molecule has 2 rings (SSSR count). The van der Waals surface area contributed by atoms with Crippen LogP contribution in [-0.4, -0.2) is 33.2 Å². The largest absolute Gasteiger partial charge is 0.497 e. The molecule has 1 amide bonds. The first-order valence-corrected chi connectivity index (χ1v) is 10.3. The number of carbonyl (C=O) groups is 1. The Morgan fingerprint density at radius 3 is 2.35 bits per heavy atom. The Kier molecular flexibility index (Phi) is 7.21. The zero-order chi connectivity index (χ0) is 19.0. The smallest absolute Gasteiger partial charge is 0.221 e. The van der Waals surface area contributed by atoms with Crippen molar-refractivity contribution >= 4 is 15.7 Å². The summed E-state index contributed by atoms with van der Waals surface area (Å²) in [6.07, 6.45) is 1.62. The molecule has 1 unspecified atom stereocenters. The number of hydrogen-bond acceptors (Lipinski definition) is 4. The van der Waals surface area contributed by atoms with Crippen molar-refractivity contribution in [2.24, 2.45) is 0 Å². The van der Waals surface area contributed by atoms with E-state index in [0.29, 0.717) is 5.75 Å². The van der Waals surface area contributed by atoms with E-state index in [9.17, 15) is 13.2 Å². The van der Waals surface area contributed by atoms with Crippen LogP contribution < -0.4 is 10.1 Å². The maximum Gasteiger partial charge on any atom is 0.221 e. The summed E-state index contributed by atoms with van der Waals surface area (Å²) in [7, 11) is -1.97. The molecule has 0 bridgehead atoms. The van der Waals surface area contributed by atoms with E-state index in [1.54, 1.807) is 12.1 Å². The third-order valence-electron chi connectivity index (χ3n) is 4.13. The first kappa shape index (κ1) is 20.0. The average Bonchev–Trinajstić information content (AvgIpc) is 2.66. The van der Waals surface area contributed by atoms with Crippen LogP contribution in [0.2, 0.25) is 0 Å². The molecule has 6 heteroatoms. The molecule has 0 fully saturated rings. The fraction of sp³-hybridized carbons (Fsp3) is 0.350. The molecule has 2 aromatic rings. The van der Waals surface area contributed by atoms with Gasteiger partial charge in [0.25, 0.3) is 0 Å². The molecular formula is C20H25NO4S. The van der Waals surface area contributed by atoms with Crippen molar-refractivity contribution in [3.8, 4) is 5.75 Å². The van der Waals surface area contributed by atoms with E-state index in [-0.39, 0.29) is 29.0 Å². The van der Waals surface area contributed by atoms with E-state index in [1.807, 2.05) is 25.1 Å². The summed E-state index contributed by atoms with van der Waals surface area (Å²) in [4.78, 5) is 12.2. The first-order chi connectivity index (χ1) is 12.4. The molecule has 0 spiro atoms. The molecule has 0 saturated heterocycles. The van der Waals surface area contributed by atoms with Crippen molar-refractivity contribution in [2.45, 2.75) is 37.1 Å². The van der Waals surface area contributed by atoms with Gasteiger partial charge in [-0.15, -0.1) is 0 Å². The lowest BCUT2D eigenvalue weighted by Gasteiger charge is -2.14. The average molecular weight is 375 g/mol. The van der Waals surface area contributed by atoms with Gasteiger partial charge in [0.1, 0.15) is 5.75 Å². The van der Waals surface area contributed by atoms with Crippen LogP contribution >= 0.6 is 0 Å². The van der Waals surface area contributed by atoms with Crippen LogP contribution in [0.5, 0.6) is 5.75 Å². The van der Waals surface area contributed by atoms with E-state index < -0.39 is 9.84 Å². The van der Waals surface area contributed by atoms with Crippen molar-refractivity contribution < 1.29 is 17.9 Å². The van der Waals surface area contributed by atoms with Crippen LogP contribution in [0.4, 0.5) is 0 Å². The van der Waals surface area contributed by atoms with Crippen molar-refractivity contribution in [3.63, 3.8) is 0 Å². The maximum absolute atomic E-state index is 12.3. The molecule has 1 N–H and O–H groups in total. The predicted octanol–water partition coefficient (Wildman–Crippen LogP) is 3.00. The lowest BCUT2D eigenvalue weighted by Crippen LogP contribution is -2.33. The molecule has 0 aliphatic rings. The topological polar surface area (TPSA) is 72.5 Å². The van der Waals surface area contributed by atoms with Gasteiger partial charge >= 0.3 is 0 Å². The number of carbonyl (C=O) groups excluding carboxylic acids is 1. The van der Waals surface area contributed by atoms with Crippen LogP contribution in [0, 0.1) is 0 Å². The summed E-state index contributed by atoms with van der Waals surface area (Å²) in [5, 5.41) is 2.87. The van der Waals surface area contributed by atoms with Crippen molar-refractivity contribution in [1.29, 1.82) is 0 Å². The van der Waals surface area contributed by atoms with E-state index in [0.717, 1.165) is 12.8 Å². The number of ether oxygens (including phenoxy) is 1. The van der Waals surface area contributed by atoms with Crippen LogP contribution in [0.15, 0.2) is 59.5 Å². The molecule has 26 heavy (non-hydrogen) atoms. The Morgan fingerprint density at radius 2 is 1.73 bits per heavy atom. The third-order valence-corrected chi connectivity index (χ3v) is 5.86. The van der Waals surface area contributed by atoms with E-state index in [1.165, 1.54) is 24.8 Å². The second-order valence-corrected chi connectivity index (χ2v) is 8.35. The number of aryl methyl sites for hydroxylation is 1. The Labute approximate surface area is 155 Å². The van der Waals surface area contributed by atoms with E-state index in [2.05, 4.69) is 17.4 Å². The lowest BCUT2D eigenvalue weighted by molar-refractivity contribution is -0.121. The zero-order valence-electron chi connectivity index (χ0n) is 15.1. The number of amides is 1. The van der Waals surface area contributed by atoms with Crippen LogP contribution in [-0.2, 0) is 21.1 Å². The van der Waals surface area contributed by atoms with Gasteiger partial charge in [0, 0.05) is 12.5 Å². The number of hydrogen-bond donors (Lipinski definition) is 1. The highest BCUT2D eigenvalue weighted by atomic mass is 32.2. The number of methoxy groups -OCH3 is 1. The van der Waals surface area contributed by atoms with Crippen molar-refractivity contribution in [2.75, 3.05) is 12.9 Å². The molecule has 5 nitrogen and oxygen atoms in total. The fourth-order valence-corrected chi connectivity index (χ4v) is 3.82. The highest BCUT2D eigenvalue weighted by Crippen LogP contribution is 2.17. The number of benzene rings is 2. The minimum Gasteiger partial charge on any atom is -0.497 e. The standard InChI is InChI=1S/C20H25NO4S/c1-16(8-9-17-6-4-3-5-7-17)21-20(22)14-15-26(23,24)19-12-10-18(25-2)11-13-19/h3-7,10-13,16H,8-9,14-15H2,1-2H3,(H,21,22). The molecule has 0 aromatic heterocycles. The van der Waals surface area contributed by atoms with Crippen molar-refractivity contribution in [1.82, 2.24) is 5.32 Å². The summed E-state index contributed by atoms with van der Waals surface area (Å²) < 4.78 is 29.6. The Morgan fingerprint density at radius 1 is 1.08 bits per heavy atom. The number of nitrogens with one attached hydrogen (secondary N) is 1. The van der Waals surface area contributed by atoms with Gasteiger partial charge in [0.2, 0.25) is 5.91 Å². The SMILES string of the molecule is COc1ccc(S(=O)(=O)CCC(=O)NC(C)CCc2ccccc2)cc1. The zero-order valence-corrected chi connectivity index (χ0v) is 16.0. The van der Waals surface area contributed by atoms with Gasteiger partial charge in [-0.2, -0.15) is 0 Å². The summed E-state index contributed by atoms with van der Waals surface area (Å²) in [5.74, 6) is 0.132. The molecule has 2 aromatic carbocycles. The molecular weight excluding hydrogens is 350 g/mol. The summed E-state index contributed by atoms with van der Waals surface area (Å²) >= 11 is 0. The minimum absolute atomic E-state index is 0.00797. The van der Waals surface area contributed by atoms with Gasteiger partial charge in [0.05, 0.1) is 17.8 Å². The van der Waals surface area contributed by atoms with Gasteiger partial charge in [-0.1, -0.05) is 30.3 Å².